The Balaban J connectivity index is 2.14. The van der Waals surface area contributed by atoms with Gasteiger partial charge in [0.1, 0.15) is 0 Å². The Labute approximate surface area is 147 Å². The Bertz CT molecular complexity index is 839. The van der Waals surface area contributed by atoms with Crippen LogP contribution in [-0.4, -0.2) is 9.78 Å². The number of aromatic nitrogens is 2. The summed E-state index contributed by atoms with van der Waals surface area (Å²) >= 11 is 15.6. The molecule has 0 saturated heterocycles. The minimum atomic E-state index is 0.550. The minimum absolute atomic E-state index is 0.550. The number of benzene rings is 2. The van der Waals surface area contributed by atoms with Gasteiger partial charge in [-0.15, -0.1) is 0 Å². The van der Waals surface area contributed by atoms with Gasteiger partial charge in [-0.1, -0.05) is 45.2 Å². The summed E-state index contributed by atoms with van der Waals surface area (Å²) < 4.78 is 2.99. The highest BCUT2D eigenvalue weighted by Crippen LogP contribution is 2.33. The number of hydrogen-bond donors (Lipinski definition) is 0. The summed E-state index contributed by atoms with van der Waals surface area (Å²) in [6, 6.07) is 13.7. The van der Waals surface area contributed by atoms with E-state index in [1.54, 1.807) is 0 Å². The zero-order valence-corrected chi connectivity index (χ0v) is 15.2. The van der Waals surface area contributed by atoms with E-state index in [9.17, 15) is 0 Å². The van der Waals surface area contributed by atoms with Crippen LogP contribution < -0.4 is 0 Å². The lowest BCUT2D eigenvalue weighted by Gasteiger charge is -2.07. The molecule has 3 rings (SSSR count). The molecule has 3 aromatic rings. The van der Waals surface area contributed by atoms with E-state index < -0.39 is 0 Å². The summed E-state index contributed by atoms with van der Waals surface area (Å²) in [5.74, 6) is 0. The topological polar surface area (TPSA) is 17.8 Å². The van der Waals surface area contributed by atoms with Crippen LogP contribution in [0, 0.1) is 13.8 Å². The Morgan fingerprint density at radius 3 is 2.27 bits per heavy atom. The molecule has 0 aliphatic rings. The highest BCUT2D eigenvalue weighted by molar-refractivity contribution is 9.10. The smallest absolute Gasteiger partial charge is 0.0679 e. The van der Waals surface area contributed by atoms with Gasteiger partial charge in [0.2, 0.25) is 0 Å². The second kappa shape index (κ2) is 6.07. The van der Waals surface area contributed by atoms with E-state index in [2.05, 4.69) is 28.0 Å². The van der Waals surface area contributed by atoms with Gasteiger partial charge in [0.15, 0.2) is 0 Å². The molecule has 1 aromatic heterocycles. The molecule has 0 radical (unpaired) electrons. The van der Waals surface area contributed by atoms with E-state index in [4.69, 9.17) is 23.2 Å². The molecule has 2 aromatic carbocycles. The highest BCUT2D eigenvalue weighted by Gasteiger charge is 2.15. The van der Waals surface area contributed by atoms with E-state index in [-0.39, 0.29) is 0 Å². The SMILES string of the molecule is Cc1nn(-c2ccc(Br)cc2)c(C)c1-c1ccc(Cl)c(Cl)c1. The maximum absolute atomic E-state index is 6.15. The van der Waals surface area contributed by atoms with Crippen LogP contribution in [0.4, 0.5) is 0 Å². The lowest BCUT2D eigenvalue weighted by Crippen LogP contribution is -1.98. The van der Waals surface area contributed by atoms with Gasteiger partial charge < -0.3 is 0 Å². The van der Waals surface area contributed by atoms with Crippen molar-refractivity contribution in [1.29, 1.82) is 0 Å². The van der Waals surface area contributed by atoms with Crippen molar-refractivity contribution >= 4 is 39.1 Å². The molecule has 2 nitrogen and oxygen atoms in total. The molecule has 0 unspecified atom stereocenters. The number of aryl methyl sites for hydroxylation is 1. The quantitative estimate of drug-likeness (QED) is 0.503. The zero-order valence-electron chi connectivity index (χ0n) is 12.1. The van der Waals surface area contributed by atoms with Crippen LogP contribution in [0.2, 0.25) is 10.0 Å². The van der Waals surface area contributed by atoms with Crippen LogP contribution in [0.3, 0.4) is 0 Å². The summed E-state index contributed by atoms with van der Waals surface area (Å²) in [6.07, 6.45) is 0. The fraction of sp³-hybridized carbons (Fsp3) is 0.118. The van der Waals surface area contributed by atoms with Crippen molar-refractivity contribution in [3.8, 4) is 16.8 Å². The normalized spacial score (nSPS) is 11.0. The van der Waals surface area contributed by atoms with Crippen LogP contribution in [0.5, 0.6) is 0 Å². The standard InChI is InChI=1S/C17H13BrCl2N2/c1-10-17(12-3-8-15(19)16(20)9-12)11(2)22(21-10)14-6-4-13(18)5-7-14/h3-9H,1-2H3. The number of nitrogens with zero attached hydrogens (tertiary/aromatic N) is 2. The van der Waals surface area contributed by atoms with Crippen molar-refractivity contribution in [2.24, 2.45) is 0 Å². The van der Waals surface area contributed by atoms with E-state index in [1.165, 1.54) is 0 Å². The van der Waals surface area contributed by atoms with Gasteiger partial charge in [0.25, 0.3) is 0 Å². The maximum Gasteiger partial charge on any atom is 0.0679 e. The number of halogens is 3. The summed E-state index contributed by atoms with van der Waals surface area (Å²) in [5.41, 5.74) is 5.15. The molecular formula is C17H13BrCl2N2. The summed E-state index contributed by atoms with van der Waals surface area (Å²) in [5, 5.41) is 5.77. The lowest BCUT2D eigenvalue weighted by molar-refractivity contribution is 0.833. The molecule has 0 aliphatic carbocycles. The molecule has 22 heavy (non-hydrogen) atoms. The average Bonchev–Trinajstić information content (AvgIpc) is 2.78. The molecule has 0 fully saturated rings. The Hall–Kier alpha value is -1.29. The fourth-order valence-electron chi connectivity index (χ4n) is 2.55. The molecular weight excluding hydrogens is 383 g/mol. The Morgan fingerprint density at radius 1 is 0.955 bits per heavy atom. The van der Waals surface area contributed by atoms with Gasteiger partial charge in [0, 0.05) is 15.7 Å². The van der Waals surface area contributed by atoms with Gasteiger partial charge in [-0.05, 0) is 55.8 Å². The largest absolute Gasteiger partial charge is 0.237 e. The van der Waals surface area contributed by atoms with Gasteiger partial charge in [-0.25, -0.2) is 4.68 Å². The first kappa shape index (κ1) is 15.6. The van der Waals surface area contributed by atoms with Crippen molar-refractivity contribution in [3.05, 3.63) is 68.4 Å². The van der Waals surface area contributed by atoms with Crippen LogP contribution in [0.15, 0.2) is 46.9 Å². The predicted octanol–water partition coefficient (Wildman–Crippen LogP) is 6.23. The first-order chi connectivity index (χ1) is 10.5. The zero-order chi connectivity index (χ0) is 15.9. The van der Waals surface area contributed by atoms with Gasteiger partial charge >= 0.3 is 0 Å². The van der Waals surface area contributed by atoms with Crippen LogP contribution in [0.1, 0.15) is 11.4 Å². The third-order valence-electron chi connectivity index (χ3n) is 3.57. The van der Waals surface area contributed by atoms with Crippen molar-refractivity contribution in [1.82, 2.24) is 9.78 Å². The monoisotopic (exact) mass is 394 g/mol. The molecule has 112 valence electrons. The molecule has 0 bridgehead atoms. The van der Waals surface area contributed by atoms with Crippen LogP contribution in [-0.2, 0) is 0 Å². The summed E-state index contributed by atoms with van der Waals surface area (Å²) in [6.45, 7) is 4.06. The second-order valence-electron chi connectivity index (χ2n) is 5.06. The van der Waals surface area contributed by atoms with Crippen LogP contribution in [0.25, 0.3) is 16.8 Å². The van der Waals surface area contributed by atoms with Crippen molar-refractivity contribution in [2.75, 3.05) is 0 Å². The predicted molar refractivity (Wildman–Crippen MR) is 96.2 cm³/mol. The molecule has 0 aliphatic heterocycles. The Kier molecular flexibility index (Phi) is 4.31. The highest BCUT2D eigenvalue weighted by atomic mass is 79.9. The third kappa shape index (κ3) is 2.81. The third-order valence-corrected chi connectivity index (χ3v) is 4.84. The molecule has 0 amide bonds. The second-order valence-corrected chi connectivity index (χ2v) is 6.79. The van der Waals surface area contributed by atoms with Gasteiger partial charge in [-0.2, -0.15) is 5.10 Å². The molecule has 0 spiro atoms. The molecule has 0 saturated carbocycles. The molecule has 5 heteroatoms. The summed E-state index contributed by atoms with van der Waals surface area (Å²) in [4.78, 5) is 0. The van der Waals surface area contributed by atoms with E-state index in [0.29, 0.717) is 10.0 Å². The molecule has 1 heterocycles. The average molecular weight is 396 g/mol. The van der Waals surface area contributed by atoms with Gasteiger partial charge in [-0.3, -0.25) is 0 Å². The fourth-order valence-corrected chi connectivity index (χ4v) is 3.11. The van der Waals surface area contributed by atoms with Crippen molar-refractivity contribution in [2.45, 2.75) is 13.8 Å². The first-order valence-electron chi connectivity index (χ1n) is 6.75. The van der Waals surface area contributed by atoms with Crippen molar-refractivity contribution < 1.29 is 0 Å². The Morgan fingerprint density at radius 2 is 1.64 bits per heavy atom. The van der Waals surface area contributed by atoms with E-state index in [1.807, 2.05) is 54.1 Å². The molecule has 0 N–H and O–H groups in total. The van der Waals surface area contributed by atoms with E-state index >= 15 is 0 Å². The van der Waals surface area contributed by atoms with Crippen molar-refractivity contribution in [3.63, 3.8) is 0 Å². The summed E-state index contributed by atoms with van der Waals surface area (Å²) in [7, 11) is 0. The number of hydrogen-bond acceptors (Lipinski definition) is 1. The maximum atomic E-state index is 6.15. The van der Waals surface area contributed by atoms with Gasteiger partial charge in [0.05, 0.1) is 21.4 Å². The minimum Gasteiger partial charge on any atom is -0.237 e. The first-order valence-corrected chi connectivity index (χ1v) is 8.30. The van der Waals surface area contributed by atoms with E-state index in [0.717, 1.165) is 32.7 Å². The number of rotatable bonds is 2. The van der Waals surface area contributed by atoms with Crippen LogP contribution >= 0.6 is 39.1 Å². The lowest BCUT2D eigenvalue weighted by atomic mass is 10.0. The molecule has 0 atom stereocenters.